The number of likely N-dealkylation sites (N-methyl/N-ethyl adjacent to an activating group) is 1. The van der Waals surface area contributed by atoms with E-state index in [4.69, 9.17) is 4.74 Å². The van der Waals surface area contributed by atoms with E-state index < -0.39 is 0 Å². The third-order valence-electron chi connectivity index (χ3n) is 3.74. The molecule has 0 N–H and O–H groups in total. The molecule has 3 nitrogen and oxygen atoms in total. The van der Waals surface area contributed by atoms with Crippen LogP contribution in [0.3, 0.4) is 0 Å². The predicted molar refractivity (Wildman–Crippen MR) is 76.4 cm³/mol. The standard InChI is InChI=1S/C16H23NO2/c1-13(16(18)15-6-4-3-5-7-15)17(2)10-11-19-12-14-8-9-14/h3-7,13-14H,8-12H2,1-2H3. The van der Waals surface area contributed by atoms with Crippen molar-refractivity contribution in [3.8, 4) is 0 Å². The van der Waals surface area contributed by atoms with Crippen molar-refractivity contribution in [1.29, 1.82) is 0 Å². The largest absolute Gasteiger partial charge is 0.380 e. The van der Waals surface area contributed by atoms with Gasteiger partial charge in [0.05, 0.1) is 12.6 Å². The van der Waals surface area contributed by atoms with Gasteiger partial charge in [-0.15, -0.1) is 0 Å². The highest BCUT2D eigenvalue weighted by atomic mass is 16.5. The zero-order valence-corrected chi connectivity index (χ0v) is 11.8. The van der Waals surface area contributed by atoms with Crippen LogP contribution in [0.4, 0.5) is 0 Å². The number of ether oxygens (including phenoxy) is 1. The van der Waals surface area contributed by atoms with E-state index in [0.717, 1.165) is 24.6 Å². The molecule has 0 spiro atoms. The number of rotatable bonds is 8. The number of carbonyl (C=O) groups excluding carboxylic acids is 1. The van der Waals surface area contributed by atoms with E-state index >= 15 is 0 Å². The molecule has 0 aliphatic heterocycles. The molecule has 1 atom stereocenters. The van der Waals surface area contributed by atoms with Gasteiger partial charge in [-0.25, -0.2) is 0 Å². The fraction of sp³-hybridized carbons (Fsp3) is 0.562. The Morgan fingerprint density at radius 1 is 1.37 bits per heavy atom. The summed E-state index contributed by atoms with van der Waals surface area (Å²) in [6.45, 7) is 4.34. The fourth-order valence-corrected chi connectivity index (χ4v) is 1.98. The van der Waals surface area contributed by atoms with Crippen molar-refractivity contribution in [3.05, 3.63) is 35.9 Å². The summed E-state index contributed by atoms with van der Waals surface area (Å²) in [7, 11) is 1.98. The summed E-state index contributed by atoms with van der Waals surface area (Å²) >= 11 is 0. The van der Waals surface area contributed by atoms with E-state index in [1.54, 1.807) is 0 Å². The second-order valence-corrected chi connectivity index (χ2v) is 5.41. The number of hydrogen-bond acceptors (Lipinski definition) is 3. The van der Waals surface area contributed by atoms with Gasteiger partial charge >= 0.3 is 0 Å². The first-order valence-corrected chi connectivity index (χ1v) is 7.05. The van der Waals surface area contributed by atoms with Crippen LogP contribution in [0.25, 0.3) is 0 Å². The Labute approximate surface area is 115 Å². The molecule has 0 saturated heterocycles. The summed E-state index contributed by atoms with van der Waals surface area (Å²) in [6.07, 6.45) is 2.64. The zero-order valence-electron chi connectivity index (χ0n) is 11.8. The number of hydrogen-bond donors (Lipinski definition) is 0. The molecule has 1 aliphatic rings. The molecule has 104 valence electrons. The first-order chi connectivity index (χ1) is 9.18. The van der Waals surface area contributed by atoms with Crippen LogP contribution in [-0.4, -0.2) is 43.5 Å². The van der Waals surface area contributed by atoms with Crippen LogP contribution in [0, 0.1) is 5.92 Å². The van der Waals surface area contributed by atoms with Crippen molar-refractivity contribution in [2.75, 3.05) is 26.8 Å². The SMILES string of the molecule is CC(C(=O)c1ccccc1)N(C)CCOCC1CC1. The van der Waals surface area contributed by atoms with Gasteiger partial charge < -0.3 is 4.74 Å². The first kappa shape index (κ1) is 14.2. The van der Waals surface area contributed by atoms with E-state index in [1.165, 1.54) is 12.8 Å². The summed E-state index contributed by atoms with van der Waals surface area (Å²) in [5.74, 6) is 0.971. The summed E-state index contributed by atoms with van der Waals surface area (Å²) < 4.78 is 5.61. The smallest absolute Gasteiger partial charge is 0.179 e. The van der Waals surface area contributed by atoms with E-state index in [0.29, 0.717) is 6.61 Å². The monoisotopic (exact) mass is 261 g/mol. The van der Waals surface area contributed by atoms with Crippen LogP contribution in [0.2, 0.25) is 0 Å². The Balaban J connectivity index is 1.74. The first-order valence-electron chi connectivity index (χ1n) is 7.05. The predicted octanol–water partition coefficient (Wildman–Crippen LogP) is 2.62. The number of benzene rings is 1. The summed E-state index contributed by atoms with van der Waals surface area (Å²) in [5, 5.41) is 0. The van der Waals surface area contributed by atoms with Gasteiger partial charge in [-0.05, 0) is 32.7 Å². The molecule has 0 radical (unpaired) electrons. The average Bonchev–Trinajstić information content (AvgIpc) is 3.27. The Morgan fingerprint density at radius 2 is 2.05 bits per heavy atom. The third kappa shape index (κ3) is 4.44. The Bertz CT molecular complexity index is 400. The van der Waals surface area contributed by atoms with Crippen LogP contribution in [0.5, 0.6) is 0 Å². The Kier molecular flexibility index (Phi) is 5.11. The van der Waals surface area contributed by atoms with Gasteiger partial charge in [-0.2, -0.15) is 0 Å². The lowest BCUT2D eigenvalue weighted by atomic mass is 10.0. The molecule has 19 heavy (non-hydrogen) atoms. The number of nitrogens with zero attached hydrogens (tertiary/aromatic N) is 1. The number of carbonyl (C=O) groups is 1. The minimum atomic E-state index is -0.105. The molecule has 3 heteroatoms. The molecule has 1 saturated carbocycles. The van der Waals surface area contributed by atoms with E-state index in [1.807, 2.05) is 44.3 Å². The fourth-order valence-electron chi connectivity index (χ4n) is 1.98. The number of ketones is 1. The minimum absolute atomic E-state index is 0.105. The zero-order chi connectivity index (χ0) is 13.7. The molecule has 0 aromatic heterocycles. The summed E-state index contributed by atoms with van der Waals surface area (Å²) in [4.78, 5) is 14.3. The van der Waals surface area contributed by atoms with Crippen molar-refractivity contribution in [1.82, 2.24) is 4.90 Å². The molecule has 1 aliphatic carbocycles. The maximum absolute atomic E-state index is 12.3. The van der Waals surface area contributed by atoms with E-state index in [9.17, 15) is 4.79 Å². The van der Waals surface area contributed by atoms with Crippen molar-refractivity contribution in [2.45, 2.75) is 25.8 Å². The molecule has 0 heterocycles. The lowest BCUT2D eigenvalue weighted by molar-refractivity contribution is 0.0749. The second kappa shape index (κ2) is 6.83. The highest BCUT2D eigenvalue weighted by molar-refractivity contribution is 5.99. The van der Waals surface area contributed by atoms with Gasteiger partial charge in [-0.3, -0.25) is 9.69 Å². The van der Waals surface area contributed by atoms with Crippen molar-refractivity contribution in [3.63, 3.8) is 0 Å². The van der Waals surface area contributed by atoms with Crippen molar-refractivity contribution < 1.29 is 9.53 Å². The molecule has 1 fully saturated rings. The highest BCUT2D eigenvalue weighted by Gasteiger charge is 2.22. The summed E-state index contributed by atoms with van der Waals surface area (Å²) in [5.41, 5.74) is 0.778. The molecular weight excluding hydrogens is 238 g/mol. The maximum Gasteiger partial charge on any atom is 0.179 e. The molecule has 0 bridgehead atoms. The Hall–Kier alpha value is -1.19. The lowest BCUT2D eigenvalue weighted by Crippen LogP contribution is -2.38. The molecule has 1 unspecified atom stereocenters. The average molecular weight is 261 g/mol. The minimum Gasteiger partial charge on any atom is -0.380 e. The van der Waals surface area contributed by atoms with Gasteiger partial charge in [0.15, 0.2) is 5.78 Å². The van der Waals surface area contributed by atoms with Crippen LogP contribution in [0.15, 0.2) is 30.3 Å². The van der Waals surface area contributed by atoms with E-state index in [2.05, 4.69) is 4.90 Å². The normalized spacial score (nSPS) is 16.6. The van der Waals surface area contributed by atoms with Crippen LogP contribution < -0.4 is 0 Å². The third-order valence-corrected chi connectivity index (χ3v) is 3.74. The van der Waals surface area contributed by atoms with Gasteiger partial charge in [-0.1, -0.05) is 30.3 Å². The molecular formula is C16H23NO2. The van der Waals surface area contributed by atoms with Crippen LogP contribution >= 0.6 is 0 Å². The molecule has 2 rings (SSSR count). The molecule has 0 amide bonds. The Morgan fingerprint density at radius 3 is 2.68 bits per heavy atom. The van der Waals surface area contributed by atoms with Gasteiger partial charge in [0, 0.05) is 18.7 Å². The summed E-state index contributed by atoms with van der Waals surface area (Å²) in [6, 6.07) is 9.37. The molecule has 1 aromatic carbocycles. The number of Topliss-reactive ketones (excluding diaryl/α,β-unsaturated/α-hetero) is 1. The van der Waals surface area contributed by atoms with Gasteiger partial charge in [0.2, 0.25) is 0 Å². The van der Waals surface area contributed by atoms with E-state index in [-0.39, 0.29) is 11.8 Å². The maximum atomic E-state index is 12.3. The second-order valence-electron chi connectivity index (χ2n) is 5.41. The highest BCUT2D eigenvalue weighted by Crippen LogP contribution is 2.28. The van der Waals surface area contributed by atoms with Crippen LogP contribution in [0.1, 0.15) is 30.1 Å². The van der Waals surface area contributed by atoms with Gasteiger partial charge in [0.1, 0.15) is 0 Å². The van der Waals surface area contributed by atoms with Crippen LogP contribution in [-0.2, 0) is 4.74 Å². The van der Waals surface area contributed by atoms with Gasteiger partial charge in [0.25, 0.3) is 0 Å². The molecule has 1 aromatic rings. The van der Waals surface area contributed by atoms with Crippen molar-refractivity contribution in [2.24, 2.45) is 5.92 Å². The quantitative estimate of drug-likeness (QED) is 0.532. The lowest BCUT2D eigenvalue weighted by Gasteiger charge is -2.23. The van der Waals surface area contributed by atoms with Crippen molar-refractivity contribution >= 4 is 5.78 Å². The topological polar surface area (TPSA) is 29.5 Å².